The Bertz CT molecular complexity index is 389. The van der Waals surface area contributed by atoms with Gasteiger partial charge in [0.2, 0.25) is 0 Å². The van der Waals surface area contributed by atoms with Gasteiger partial charge in [-0.1, -0.05) is 12.5 Å². The van der Waals surface area contributed by atoms with Crippen LogP contribution in [-0.4, -0.2) is 6.54 Å². The van der Waals surface area contributed by atoms with Crippen molar-refractivity contribution in [2.45, 2.75) is 25.3 Å². The summed E-state index contributed by atoms with van der Waals surface area (Å²) in [5.41, 5.74) is 1.16. The first-order valence-corrected chi connectivity index (χ1v) is 5.24. The fourth-order valence-corrected chi connectivity index (χ4v) is 1.98. The van der Waals surface area contributed by atoms with Gasteiger partial charge in [-0.25, -0.2) is 4.39 Å². The normalized spacial score (nSPS) is 20.9. The van der Waals surface area contributed by atoms with Crippen molar-refractivity contribution in [2.75, 3.05) is 6.54 Å². The van der Waals surface area contributed by atoms with Crippen molar-refractivity contribution < 1.29 is 4.39 Å². The highest BCUT2D eigenvalue weighted by atomic mass is 19.1. The SMILES string of the molecule is N#Cc1cc([C@H]2CCCCN2)ccc1F. The van der Waals surface area contributed by atoms with Crippen LogP contribution in [0.5, 0.6) is 0 Å². The van der Waals surface area contributed by atoms with Gasteiger partial charge in [0.1, 0.15) is 11.9 Å². The van der Waals surface area contributed by atoms with E-state index in [1.165, 1.54) is 18.9 Å². The summed E-state index contributed by atoms with van der Waals surface area (Å²) in [6, 6.07) is 6.95. The maximum Gasteiger partial charge on any atom is 0.140 e. The van der Waals surface area contributed by atoms with Crippen molar-refractivity contribution >= 4 is 0 Å². The average Bonchev–Trinajstić information content (AvgIpc) is 2.31. The van der Waals surface area contributed by atoms with Crippen LogP contribution in [0.2, 0.25) is 0 Å². The third kappa shape index (κ3) is 2.16. The molecule has 0 aromatic heterocycles. The number of nitrogens with zero attached hydrogens (tertiary/aromatic N) is 1. The van der Waals surface area contributed by atoms with Crippen molar-refractivity contribution in [3.8, 4) is 6.07 Å². The van der Waals surface area contributed by atoms with E-state index in [0.29, 0.717) is 0 Å². The predicted octanol–water partition coefficient (Wildman–Crippen LogP) is 2.51. The number of hydrogen-bond donors (Lipinski definition) is 1. The van der Waals surface area contributed by atoms with Crippen molar-refractivity contribution in [3.05, 3.63) is 35.1 Å². The lowest BCUT2D eigenvalue weighted by atomic mass is 9.96. The van der Waals surface area contributed by atoms with Gasteiger partial charge in [0.15, 0.2) is 0 Å². The molecular formula is C12H13FN2. The summed E-state index contributed by atoms with van der Waals surface area (Å²) >= 11 is 0. The van der Waals surface area contributed by atoms with Gasteiger partial charge in [0.05, 0.1) is 5.56 Å². The van der Waals surface area contributed by atoms with E-state index in [1.54, 1.807) is 12.1 Å². The second-order valence-electron chi connectivity index (χ2n) is 3.85. The topological polar surface area (TPSA) is 35.8 Å². The summed E-state index contributed by atoms with van der Waals surface area (Å²) < 4.78 is 13.1. The second kappa shape index (κ2) is 4.41. The molecule has 0 spiro atoms. The van der Waals surface area contributed by atoms with Crippen LogP contribution in [0.1, 0.15) is 36.4 Å². The van der Waals surface area contributed by atoms with Crippen LogP contribution in [0.15, 0.2) is 18.2 Å². The fraction of sp³-hybridized carbons (Fsp3) is 0.417. The van der Waals surface area contributed by atoms with E-state index in [-0.39, 0.29) is 11.6 Å². The lowest BCUT2D eigenvalue weighted by Crippen LogP contribution is -2.26. The Morgan fingerprint density at radius 3 is 2.93 bits per heavy atom. The monoisotopic (exact) mass is 204 g/mol. The molecule has 1 aromatic rings. The molecule has 0 aliphatic carbocycles. The minimum Gasteiger partial charge on any atom is -0.310 e. The Hall–Kier alpha value is -1.40. The maximum atomic E-state index is 13.1. The zero-order valence-corrected chi connectivity index (χ0v) is 8.46. The Morgan fingerprint density at radius 2 is 2.27 bits per heavy atom. The zero-order chi connectivity index (χ0) is 10.7. The summed E-state index contributed by atoms with van der Waals surface area (Å²) in [5.74, 6) is -0.433. The molecule has 0 amide bonds. The first kappa shape index (κ1) is 10.1. The van der Waals surface area contributed by atoms with E-state index in [9.17, 15) is 4.39 Å². The minimum atomic E-state index is -0.433. The molecule has 15 heavy (non-hydrogen) atoms. The number of piperidine rings is 1. The van der Waals surface area contributed by atoms with E-state index >= 15 is 0 Å². The molecule has 1 saturated heterocycles. The highest BCUT2D eigenvalue weighted by molar-refractivity contribution is 5.35. The smallest absolute Gasteiger partial charge is 0.140 e. The molecule has 1 atom stereocenters. The standard InChI is InChI=1S/C12H13FN2/c13-11-5-4-9(7-10(11)8-14)12-3-1-2-6-15-12/h4-5,7,12,15H,1-3,6H2/t12-/m1/s1. The lowest BCUT2D eigenvalue weighted by Gasteiger charge is -2.23. The van der Waals surface area contributed by atoms with Gasteiger partial charge in [-0.2, -0.15) is 5.26 Å². The minimum absolute atomic E-state index is 0.139. The molecule has 0 bridgehead atoms. The molecule has 2 nitrogen and oxygen atoms in total. The second-order valence-corrected chi connectivity index (χ2v) is 3.85. The molecule has 1 aliphatic heterocycles. The molecule has 78 valence electrons. The molecule has 0 unspecified atom stereocenters. The third-order valence-electron chi connectivity index (χ3n) is 2.82. The van der Waals surface area contributed by atoms with Crippen molar-refractivity contribution in [1.82, 2.24) is 5.32 Å². The fourth-order valence-electron chi connectivity index (χ4n) is 1.98. The molecule has 1 N–H and O–H groups in total. The van der Waals surface area contributed by atoms with Gasteiger partial charge in [0.25, 0.3) is 0 Å². The van der Waals surface area contributed by atoms with Crippen LogP contribution in [0.25, 0.3) is 0 Å². The molecule has 1 fully saturated rings. The number of nitrogens with one attached hydrogen (secondary N) is 1. The molecule has 1 aliphatic rings. The van der Waals surface area contributed by atoms with E-state index in [4.69, 9.17) is 5.26 Å². The number of rotatable bonds is 1. The molecule has 3 heteroatoms. The van der Waals surface area contributed by atoms with Gasteiger partial charge in [0, 0.05) is 6.04 Å². The van der Waals surface area contributed by atoms with Crippen molar-refractivity contribution in [3.63, 3.8) is 0 Å². The van der Waals surface area contributed by atoms with Crippen LogP contribution in [0.4, 0.5) is 4.39 Å². The zero-order valence-electron chi connectivity index (χ0n) is 8.46. The molecule has 1 heterocycles. The van der Waals surface area contributed by atoms with Gasteiger partial charge in [-0.05, 0) is 37.1 Å². The summed E-state index contributed by atoms with van der Waals surface area (Å²) in [5, 5.41) is 12.1. The first-order valence-electron chi connectivity index (χ1n) is 5.24. The number of benzene rings is 1. The molecule has 2 rings (SSSR count). The molecule has 1 aromatic carbocycles. The molecular weight excluding hydrogens is 191 g/mol. The lowest BCUT2D eigenvalue weighted by molar-refractivity contribution is 0.412. The van der Waals surface area contributed by atoms with E-state index in [0.717, 1.165) is 18.5 Å². The number of hydrogen-bond acceptors (Lipinski definition) is 2. The predicted molar refractivity (Wildman–Crippen MR) is 55.7 cm³/mol. The molecule has 0 saturated carbocycles. The van der Waals surface area contributed by atoms with Gasteiger partial charge < -0.3 is 5.32 Å². The summed E-state index contributed by atoms with van der Waals surface area (Å²) in [6.45, 7) is 1.00. The largest absolute Gasteiger partial charge is 0.310 e. The summed E-state index contributed by atoms with van der Waals surface area (Å²) in [7, 11) is 0. The highest BCUT2D eigenvalue weighted by Crippen LogP contribution is 2.24. The van der Waals surface area contributed by atoms with Crippen LogP contribution in [0, 0.1) is 17.1 Å². The third-order valence-corrected chi connectivity index (χ3v) is 2.82. The molecule has 0 radical (unpaired) electrons. The van der Waals surface area contributed by atoms with E-state index < -0.39 is 5.82 Å². The van der Waals surface area contributed by atoms with E-state index in [2.05, 4.69) is 5.32 Å². The average molecular weight is 204 g/mol. The Morgan fingerprint density at radius 1 is 1.40 bits per heavy atom. The first-order chi connectivity index (χ1) is 7.31. The maximum absolute atomic E-state index is 13.1. The Labute approximate surface area is 88.7 Å². The van der Waals surface area contributed by atoms with Crippen LogP contribution in [0.3, 0.4) is 0 Å². The van der Waals surface area contributed by atoms with Gasteiger partial charge >= 0.3 is 0 Å². The van der Waals surface area contributed by atoms with Crippen LogP contribution in [-0.2, 0) is 0 Å². The Kier molecular flexibility index (Phi) is 2.98. The van der Waals surface area contributed by atoms with E-state index in [1.807, 2.05) is 6.07 Å². The van der Waals surface area contributed by atoms with Gasteiger partial charge in [-0.3, -0.25) is 0 Å². The Balaban J connectivity index is 2.25. The van der Waals surface area contributed by atoms with Crippen molar-refractivity contribution in [2.24, 2.45) is 0 Å². The van der Waals surface area contributed by atoms with Crippen LogP contribution < -0.4 is 5.32 Å². The van der Waals surface area contributed by atoms with Crippen molar-refractivity contribution in [1.29, 1.82) is 5.26 Å². The highest BCUT2D eigenvalue weighted by Gasteiger charge is 2.15. The number of nitriles is 1. The summed E-state index contributed by atoms with van der Waals surface area (Å²) in [4.78, 5) is 0. The number of halogens is 1. The quantitative estimate of drug-likeness (QED) is 0.763. The summed E-state index contributed by atoms with van der Waals surface area (Å²) in [6.07, 6.45) is 3.45. The van der Waals surface area contributed by atoms with Gasteiger partial charge in [-0.15, -0.1) is 0 Å². The van der Waals surface area contributed by atoms with Crippen LogP contribution >= 0.6 is 0 Å².